The van der Waals surface area contributed by atoms with Crippen molar-refractivity contribution < 1.29 is 14.4 Å². The molecule has 2 atom stereocenters. The minimum atomic E-state index is -0.447. The van der Waals surface area contributed by atoms with Crippen LogP contribution in [0, 0.1) is 25.7 Å². The SMILES string of the molecule is Cc1ccc(N2CC(C(=O)Nc3nn(C)c4c3CC(C)C(=O)N4)CC2=O)cc1C. The van der Waals surface area contributed by atoms with Gasteiger partial charge in [-0.1, -0.05) is 13.0 Å². The average Bonchev–Trinajstić information content (AvgIpc) is 3.19. The Balaban J connectivity index is 1.50. The standard InChI is InChI=1S/C21H25N5O3/c1-11-5-6-15(7-12(11)2)26-10-14(9-17(26)27)21(29)22-18-16-8-13(3)20(28)23-19(16)25(4)24-18/h5-7,13-14H,8-10H2,1-4H3,(H,23,28)(H,22,24,29). The highest BCUT2D eigenvalue weighted by molar-refractivity contribution is 6.04. The molecule has 2 N–H and O–H groups in total. The molecule has 1 aromatic carbocycles. The van der Waals surface area contributed by atoms with E-state index in [-0.39, 0.29) is 30.1 Å². The van der Waals surface area contributed by atoms with Crippen LogP contribution in [0.3, 0.4) is 0 Å². The van der Waals surface area contributed by atoms with Crippen LogP contribution in [0.5, 0.6) is 0 Å². The van der Waals surface area contributed by atoms with Crippen molar-refractivity contribution in [3.63, 3.8) is 0 Å². The molecule has 2 aliphatic heterocycles. The fourth-order valence-electron chi connectivity index (χ4n) is 3.90. The van der Waals surface area contributed by atoms with Crippen molar-refractivity contribution in [2.45, 2.75) is 33.6 Å². The van der Waals surface area contributed by atoms with Crippen molar-refractivity contribution in [3.05, 3.63) is 34.9 Å². The molecule has 0 saturated carbocycles. The Morgan fingerprint density at radius 1 is 1.21 bits per heavy atom. The summed E-state index contributed by atoms with van der Waals surface area (Å²) in [5.41, 5.74) is 3.92. The Labute approximate surface area is 169 Å². The highest BCUT2D eigenvalue weighted by Gasteiger charge is 2.36. The van der Waals surface area contributed by atoms with Gasteiger partial charge in [-0.05, 0) is 43.5 Å². The third kappa shape index (κ3) is 3.39. The van der Waals surface area contributed by atoms with Crippen LogP contribution in [-0.2, 0) is 27.9 Å². The molecule has 3 amide bonds. The van der Waals surface area contributed by atoms with Crippen LogP contribution in [0.2, 0.25) is 0 Å². The highest BCUT2D eigenvalue weighted by atomic mass is 16.2. The first-order chi connectivity index (χ1) is 13.7. The molecule has 8 heteroatoms. The second kappa shape index (κ2) is 7.02. The number of benzene rings is 1. The van der Waals surface area contributed by atoms with E-state index in [9.17, 15) is 14.4 Å². The van der Waals surface area contributed by atoms with Crippen molar-refractivity contribution in [2.24, 2.45) is 18.9 Å². The number of carbonyl (C=O) groups excluding carboxylic acids is 3. The predicted molar refractivity (Wildman–Crippen MR) is 110 cm³/mol. The van der Waals surface area contributed by atoms with E-state index in [0.717, 1.165) is 22.4 Å². The molecular weight excluding hydrogens is 370 g/mol. The zero-order valence-electron chi connectivity index (χ0n) is 17.1. The van der Waals surface area contributed by atoms with Crippen LogP contribution in [0.1, 0.15) is 30.0 Å². The Morgan fingerprint density at radius 2 is 1.97 bits per heavy atom. The van der Waals surface area contributed by atoms with E-state index < -0.39 is 5.92 Å². The molecule has 1 aromatic heterocycles. The summed E-state index contributed by atoms with van der Waals surface area (Å²) in [6.07, 6.45) is 0.684. The molecule has 0 aliphatic carbocycles. The number of hydrogen-bond acceptors (Lipinski definition) is 4. The quantitative estimate of drug-likeness (QED) is 0.832. The summed E-state index contributed by atoms with van der Waals surface area (Å²) in [6.45, 7) is 6.22. The van der Waals surface area contributed by atoms with Gasteiger partial charge in [-0.2, -0.15) is 5.10 Å². The van der Waals surface area contributed by atoms with Gasteiger partial charge in [0.25, 0.3) is 0 Å². The lowest BCUT2D eigenvalue weighted by molar-refractivity contribution is -0.122. The maximum absolute atomic E-state index is 12.9. The van der Waals surface area contributed by atoms with E-state index >= 15 is 0 Å². The second-order valence-electron chi connectivity index (χ2n) is 8.06. The van der Waals surface area contributed by atoms with Gasteiger partial charge in [0.05, 0.1) is 5.92 Å². The summed E-state index contributed by atoms with van der Waals surface area (Å²) in [6, 6.07) is 5.88. The van der Waals surface area contributed by atoms with E-state index in [1.165, 1.54) is 0 Å². The molecule has 0 spiro atoms. The summed E-state index contributed by atoms with van der Waals surface area (Å²) in [4.78, 5) is 39.0. The zero-order valence-corrected chi connectivity index (χ0v) is 17.1. The van der Waals surface area contributed by atoms with E-state index in [2.05, 4.69) is 15.7 Å². The van der Waals surface area contributed by atoms with Gasteiger partial charge >= 0.3 is 0 Å². The van der Waals surface area contributed by atoms with Crippen molar-refractivity contribution in [3.8, 4) is 0 Å². The first-order valence-corrected chi connectivity index (χ1v) is 9.79. The number of nitrogens with one attached hydrogen (secondary N) is 2. The van der Waals surface area contributed by atoms with Crippen molar-refractivity contribution in [1.82, 2.24) is 9.78 Å². The van der Waals surface area contributed by atoms with Crippen LogP contribution in [0.4, 0.5) is 17.3 Å². The Hall–Kier alpha value is -3.16. The lowest BCUT2D eigenvalue weighted by Gasteiger charge is -2.20. The molecule has 1 fully saturated rings. The molecule has 152 valence electrons. The van der Waals surface area contributed by atoms with Crippen LogP contribution in [0.15, 0.2) is 18.2 Å². The van der Waals surface area contributed by atoms with Crippen molar-refractivity contribution in [2.75, 3.05) is 22.1 Å². The van der Waals surface area contributed by atoms with E-state index in [4.69, 9.17) is 0 Å². The van der Waals surface area contributed by atoms with Crippen LogP contribution in [0.25, 0.3) is 0 Å². The number of rotatable bonds is 3. The summed E-state index contributed by atoms with van der Waals surface area (Å²) in [5, 5.41) is 10.1. The monoisotopic (exact) mass is 395 g/mol. The van der Waals surface area contributed by atoms with Crippen molar-refractivity contribution >= 4 is 35.0 Å². The minimum absolute atomic E-state index is 0.0520. The number of aromatic nitrogens is 2. The maximum Gasteiger partial charge on any atom is 0.231 e. The summed E-state index contributed by atoms with van der Waals surface area (Å²) in [7, 11) is 1.73. The van der Waals surface area contributed by atoms with E-state index in [1.807, 2.05) is 39.0 Å². The second-order valence-corrected chi connectivity index (χ2v) is 8.06. The Bertz CT molecular complexity index is 1030. The molecule has 3 heterocycles. The molecule has 8 nitrogen and oxygen atoms in total. The van der Waals surface area contributed by atoms with Gasteiger partial charge in [0, 0.05) is 37.2 Å². The molecule has 4 rings (SSSR count). The first-order valence-electron chi connectivity index (χ1n) is 9.79. The Kier molecular flexibility index (Phi) is 4.64. The number of nitrogens with zero attached hydrogens (tertiary/aromatic N) is 3. The van der Waals surface area contributed by atoms with Gasteiger partial charge in [-0.3, -0.25) is 19.1 Å². The van der Waals surface area contributed by atoms with Crippen LogP contribution >= 0.6 is 0 Å². The fourth-order valence-corrected chi connectivity index (χ4v) is 3.90. The number of carbonyl (C=O) groups is 3. The molecule has 2 unspecified atom stereocenters. The maximum atomic E-state index is 12.9. The summed E-state index contributed by atoms with van der Waals surface area (Å²) in [5.74, 6) is 0.100. The third-order valence-electron chi connectivity index (χ3n) is 5.88. The van der Waals surface area contributed by atoms with Gasteiger partial charge in [-0.15, -0.1) is 0 Å². The molecule has 29 heavy (non-hydrogen) atoms. The first kappa shape index (κ1) is 19.2. The normalized spacial score (nSPS) is 21.2. The molecule has 1 saturated heterocycles. The third-order valence-corrected chi connectivity index (χ3v) is 5.88. The van der Waals surface area contributed by atoms with Gasteiger partial charge in [0.1, 0.15) is 5.82 Å². The fraction of sp³-hybridized carbons (Fsp3) is 0.429. The topological polar surface area (TPSA) is 96.3 Å². The van der Waals surface area contributed by atoms with E-state index in [1.54, 1.807) is 16.6 Å². The molecule has 0 bridgehead atoms. The van der Waals surface area contributed by atoms with Gasteiger partial charge in [0.15, 0.2) is 5.82 Å². The number of anilines is 3. The molecule has 2 aromatic rings. The van der Waals surface area contributed by atoms with Gasteiger partial charge in [0.2, 0.25) is 17.7 Å². The number of hydrogen-bond donors (Lipinski definition) is 2. The van der Waals surface area contributed by atoms with E-state index in [0.29, 0.717) is 24.6 Å². The lowest BCUT2D eigenvalue weighted by Crippen LogP contribution is -2.30. The van der Waals surface area contributed by atoms with Crippen LogP contribution in [-0.4, -0.2) is 34.0 Å². The number of amides is 3. The molecule has 2 aliphatic rings. The minimum Gasteiger partial charge on any atom is -0.312 e. The zero-order chi connectivity index (χ0) is 20.9. The average molecular weight is 395 g/mol. The Morgan fingerprint density at radius 3 is 2.69 bits per heavy atom. The van der Waals surface area contributed by atoms with Gasteiger partial charge in [-0.25, -0.2) is 0 Å². The largest absolute Gasteiger partial charge is 0.312 e. The van der Waals surface area contributed by atoms with Gasteiger partial charge < -0.3 is 15.5 Å². The molecular formula is C21H25N5O3. The summed E-state index contributed by atoms with van der Waals surface area (Å²) >= 11 is 0. The summed E-state index contributed by atoms with van der Waals surface area (Å²) < 4.78 is 1.57. The lowest BCUT2D eigenvalue weighted by atomic mass is 9.97. The highest BCUT2D eigenvalue weighted by Crippen LogP contribution is 2.32. The predicted octanol–water partition coefficient (Wildman–Crippen LogP) is 2.16. The van der Waals surface area contributed by atoms with Crippen molar-refractivity contribution in [1.29, 1.82) is 0 Å². The van der Waals surface area contributed by atoms with Crippen LogP contribution < -0.4 is 15.5 Å². The smallest absolute Gasteiger partial charge is 0.231 e. The number of fused-ring (bicyclic) bond motifs is 1. The molecule has 0 radical (unpaired) electrons. The number of aryl methyl sites for hydroxylation is 3.